The highest BCUT2D eigenvalue weighted by molar-refractivity contribution is 6.31. The van der Waals surface area contributed by atoms with E-state index in [-0.39, 0.29) is 29.4 Å². The van der Waals surface area contributed by atoms with Crippen molar-refractivity contribution in [1.29, 1.82) is 0 Å². The first-order valence-electron chi connectivity index (χ1n) is 11.4. The minimum absolute atomic E-state index is 0.104. The number of fused-ring (bicyclic) bond motifs is 1. The van der Waals surface area contributed by atoms with E-state index in [4.69, 9.17) is 20.8 Å². The standard InChI is InChI=1S/C26H21ClN6O5/c1-31-22-21(23(34)32(2)26(31)36)33(15-17-6-3-4-7-19(17)27)25(29-22)30-28-14-16-9-11-18(12-10-16)38-24(35)20-8-5-13-37-20/h3-14H,15H2,1-2H3,(H,29,30). The van der Waals surface area contributed by atoms with Gasteiger partial charge in [-0.3, -0.25) is 18.5 Å². The average molecular weight is 533 g/mol. The largest absolute Gasteiger partial charge is 0.457 e. The Morgan fingerprint density at radius 2 is 1.84 bits per heavy atom. The highest BCUT2D eigenvalue weighted by Crippen LogP contribution is 2.22. The minimum Gasteiger partial charge on any atom is -0.457 e. The second kappa shape index (κ2) is 10.2. The second-order valence-electron chi connectivity index (χ2n) is 8.30. The van der Waals surface area contributed by atoms with Crippen molar-refractivity contribution in [2.24, 2.45) is 19.2 Å². The molecule has 5 rings (SSSR count). The number of esters is 1. The van der Waals surface area contributed by atoms with Gasteiger partial charge in [0, 0.05) is 19.1 Å². The van der Waals surface area contributed by atoms with E-state index in [2.05, 4.69) is 15.5 Å². The van der Waals surface area contributed by atoms with Crippen molar-refractivity contribution in [2.45, 2.75) is 6.54 Å². The molecule has 3 aromatic heterocycles. The fraction of sp³-hybridized carbons (Fsp3) is 0.115. The molecule has 11 nitrogen and oxygen atoms in total. The quantitative estimate of drug-likeness (QED) is 0.147. The van der Waals surface area contributed by atoms with Crippen molar-refractivity contribution in [2.75, 3.05) is 5.43 Å². The number of carbonyl (C=O) groups is 1. The lowest BCUT2D eigenvalue weighted by Crippen LogP contribution is -2.37. The number of aryl methyl sites for hydroxylation is 1. The molecule has 5 aromatic rings. The van der Waals surface area contributed by atoms with Gasteiger partial charge < -0.3 is 9.15 Å². The van der Waals surface area contributed by atoms with Crippen LogP contribution in [0.3, 0.4) is 0 Å². The number of aromatic nitrogens is 4. The van der Waals surface area contributed by atoms with Crippen molar-refractivity contribution in [3.63, 3.8) is 0 Å². The zero-order chi connectivity index (χ0) is 26.8. The summed E-state index contributed by atoms with van der Waals surface area (Å²) >= 11 is 6.37. The number of hydrogen-bond donors (Lipinski definition) is 1. The predicted octanol–water partition coefficient (Wildman–Crippen LogP) is 3.39. The van der Waals surface area contributed by atoms with Gasteiger partial charge >= 0.3 is 11.7 Å². The Hall–Kier alpha value is -4.90. The lowest BCUT2D eigenvalue weighted by Gasteiger charge is -2.10. The highest BCUT2D eigenvalue weighted by atomic mass is 35.5. The molecular formula is C26H21ClN6O5. The van der Waals surface area contributed by atoms with Gasteiger partial charge in [-0.25, -0.2) is 15.0 Å². The summed E-state index contributed by atoms with van der Waals surface area (Å²) in [6.07, 6.45) is 2.93. The molecule has 38 heavy (non-hydrogen) atoms. The van der Waals surface area contributed by atoms with Gasteiger partial charge in [-0.2, -0.15) is 10.1 Å². The maximum absolute atomic E-state index is 13.0. The topological polar surface area (TPSA) is 126 Å². The van der Waals surface area contributed by atoms with Crippen molar-refractivity contribution < 1.29 is 13.9 Å². The van der Waals surface area contributed by atoms with Gasteiger partial charge in [0.2, 0.25) is 11.7 Å². The minimum atomic E-state index is -0.601. The van der Waals surface area contributed by atoms with Crippen molar-refractivity contribution in [1.82, 2.24) is 18.7 Å². The van der Waals surface area contributed by atoms with Crippen LogP contribution in [0.5, 0.6) is 5.75 Å². The Bertz CT molecular complexity index is 1780. The number of carbonyl (C=O) groups excluding carboxylic acids is 1. The second-order valence-corrected chi connectivity index (χ2v) is 8.70. The molecule has 0 saturated carbocycles. The third-order valence-electron chi connectivity index (χ3n) is 5.83. The third-order valence-corrected chi connectivity index (χ3v) is 6.19. The Balaban J connectivity index is 1.43. The third kappa shape index (κ3) is 4.74. The number of benzene rings is 2. The van der Waals surface area contributed by atoms with Crippen LogP contribution < -0.4 is 21.4 Å². The van der Waals surface area contributed by atoms with Gasteiger partial charge in [0.25, 0.3) is 5.56 Å². The molecule has 0 fully saturated rings. The first-order valence-corrected chi connectivity index (χ1v) is 11.8. The van der Waals surface area contributed by atoms with E-state index in [1.807, 2.05) is 18.2 Å². The van der Waals surface area contributed by atoms with Crippen LogP contribution in [0.2, 0.25) is 5.02 Å². The molecule has 2 aromatic carbocycles. The highest BCUT2D eigenvalue weighted by Gasteiger charge is 2.20. The van der Waals surface area contributed by atoms with E-state index in [1.165, 1.54) is 30.2 Å². The molecule has 3 heterocycles. The summed E-state index contributed by atoms with van der Waals surface area (Å²) in [4.78, 5) is 42.0. The molecule has 0 amide bonds. The maximum Gasteiger partial charge on any atom is 0.379 e. The van der Waals surface area contributed by atoms with Crippen LogP contribution in [0, 0.1) is 0 Å². The van der Waals surface area contributed by atoms with Gasteiger partial charge in [0.1, 0.15) is 5.75 Å². The molecule has 1 N–H and O–H groups in total. The van der Waals surface area contributed by atoms with Gasteiger partial charge in [-0.15, -0.1) is 0 Å². The zero-order valence-electron chi connectivity index (χ0n) is 20.3. The Labute approximate surface area is 220 Å². The van der Waals surface area contributed by atoms with Crippen LogP contribution in [0.15, 0.2) is 86.0 Å². The lowest BCUT2D eigenvalue weighted by molar-refractivity contribution is 0.0701. The summed E-state index contributed by atoms with van der Waals surface area (Å²) in [6, 6.07) is 17.0. The SMILES string of the molecule is Cn1c(=O)c2c(nc(NN=Cc3ccc(OC(=O)c4ccco4)cc3)n2Cc2ccccc2Cl)n(C)c1=O. The number of halogens is 1. The summed E-state index contributed by atoms with van der Waals surface area (Å²) in [6.45, 7) is 0.219. The molecule has 0 unspecified atom stereocenters. The van der Waals surface area contributed by atoms with Gasteiger partial charge in [0.05, 0.1) is 19.0 Å². The molecule has 0 radical (unpaired) electrons. The summed E-state index contributed by atoms with van der Waals surface area (Å²) < 4.78 is 14.3. The molecule has 12 heteroatoms. The first kappa shape index (κ1) is 24.8. The Morgan fingerprint density at radius 3 is 2.55 bits per heavy atom. The van der Waals surface area contributed by atoms with Gasteiger partial charge in [-0.1, -0.05) is 29.8 Å². The fourth-order valence-electron chi connectivity index (χ4n) is 3.82. The van der Waals surface area contributed by atoms with Crippen LogP contribution in [0.4, 0.5) is 5.95 Å². The molecule has 0 atom stereocenters. The fourth-order valence-corrected chi connectivity index (χ4v) is 4.02. The zero-order valence-corrected chi connectivity index (χ0v) is 21.0. The van der Waals surface area contributed by atoms with Crippen LogP contribution >= 0.6 is 11.6 Å². The molecule has 0 bridgehead atoms. The average Bonchev–Trinajstić information content (AvgIpc) is 3.58. The van der Waals surface area contributed by atoms with Crippen LogP contribution in [0.25, 0.3) is 11.2 Å². The number of anilines is 1. The summed E-state index contributed by atoms with van der Waals surface area (Å²) in [5, 5.41) is 4.78. The Kier molecular flexibility index (Phi) is 6.67. The number of hydrazone groups is 1. The van der Waals surface area contributed by atoms with Crippen molar-refractivity contribution >= 4 is 40.9 Å². The predicted molar refractivity (Wildman–Crippen MR) is 142 cm³/mol. The van der Waals surface area contributed by atoms with E-state index in [9.17, 15) is 14.4 Å². The summed E-state index contributed by atoms with van der Waals surface area (Å²) in [5.41, 5.74) is 3.79. The smallest absolute Gasteiger partial charge is 0.379 e. The number of hydrogen-bond acceptors (Lipinski definition) is 8. The van der Waals surface area contributed by atoms with Crippen LogP contribution in [0.1, 0.15) is 21.7 Å². The maximum atomic E-state index is 13.0. The van der Waals surface area contributed by atoms with Crippen LogP contribution in [-0.4, -0.2) is 30.9 Å². The van der Waals surface area contributed by atoms with Gasteiger partial charge in [-0.05, 0) is 53.6 Å². The molecule has 0 aliphatic heterocycles. The van der Waals surface area contributed by atoms with E-state index in [0.29, 0.717) is 16.3 Å². The molecule has 0 aliphatic rings. The monoisotopic (exact) mass is 532 g/mol. The lowest BCUT2D eigenvalue weighted by atomic mass is 10.2. The number of rotatable bonds is 7. The van der Waals surface area contributed by atoms with E-state index in [0.717, 1.165) is 10.1 Å². The summed E-state index contributed by atoms with van der Waals surface area (Å²) in [5.74, 6) is 0.0937. The van der Waals surface area contributed by atoms with E-state index < -0.39 is 17.2 Å². The molecule has 0 aliphatic carbocycles. The number of ether oxygens (including phenoxy) is 1. The normalized spacial score (nSPS) is 11.3. The molecular weight excluding hydrogens is 512 g/mol. The number of imidazole rings is 1. The van der Waals surface area contributed by atoms with E-state index >= 15 is 0 Å². The number of nitrogens with one attached hydrogen (secondary N) is 1. The van der Waals surface area contributed by atoms with E-state index in [1.54, 1.807) is 48.0 Å². The number of furan rings is 1. The molecule has 0 saturated heterocycles. The molecule has 192 valence electrons. The first-order chi connectivity index (χ1) is 18.3. The van der Waals surface area contributed by atoms with Crippen molar-refractivity contribution in [3.8, 4) is 5.75 Å². The van der Waals surface area contributed by atoms with Gasteiger partial charge in [0.15, 0.2) is 11.2 Å². The summed E-state index contributed by atoms with van der Waals surface area (Å²) in [7, 11) is 2.96. The van der Waals surface area contributed by atoms with Crippen LogP contribution in [-0.2, 0) is 20.6 Å². The Morgan fingerprint density at radius 1 is 1.08 bits per heavy atom. The molecule has 0 spiro atoms. The van der Waals surface area contributed by atoms with Crippen molar-refractivity contribution in [3.05, 3.63) is 110 Å². The number of nitrogens with zero attached hydrogens (tertiary/aromatic N) is 5.